The quantitative estimate of drug-likeness (QED) is 0.419. The second-order valence-corrected chi connectivity index (χ2v) is 14.0. The molecule has 8 aliphatic carbocycles. The molecule has 0 saturated heterocycles. The van der Waals surface area contributed by atoms with E-state index in [1.807, 2.05) is 0 Å². The molecule has 8 rings (SSSR count). The third kappa shape index (κ3) is 1.88. The van der Waals surface area contributed by atoms with E-state index in [9.17, 15) is 0 Å². The maximum Gasteiger partial charge on any atom is 0.0598 e. The molecule has 0 aromatic carbocycles. The molecule has 7 saturated carbocycles. The molecule has 8 bridgehead atoms. The van der Waals surface area contributed by atoms with E-state index < -0.39 is 0 Å². The van der Waals surface area contributed by atoms with Crippen LogP contribution in [0.15, 0.2) is 12.2 Å². The van der Waals surface area contributed by atoms with E-state index in [-0.39, 0.29) is 5.60 Å². The molecule has 0 radical (unpaired) electrons. The number of rotatable bonds is 2. The van der Waals surface area contributed by atoms with Gasteiger partial charge in [0.15, 0.2) is 0 Å². The van der Waals surface area contributed by atoms with E-state index in [1.54, 1.807) is 25.7 Å². The van der Waals surface area contributed by atoms with Crippen molar-refractivity contribution in [3.8, 4) is 0 Å². The van der Waals surface area contributed by atoms with E-state index >= 15 is 0 Å². The lowest BCUT2D eigenvalue weighted by molar-refractivity contribution is -0.0797. The summed E-state index contributed by atoms with van der Waals surface area (Å²) >= 11 is 0. The van der Waals surface area contributed by atoms with Gasteiger partial charge in [-0.05, 0) is 141 Å². The molecule has 1 nitrogen and oxygen atoms in total. The molecule has 158 valence electrons. The molecule has 8 aliphatic rings. The summed E-state index contributed by atoms with van der Waals surface area (Å²) in [5, 5.41) is 0. The highest BCUT2D eigenvalue weighted by molar-refractivity contribution is 5.27. The van der Waals surface area contributed by atoms with Crippen LogP contribution in [0.5, 0.6) is 0 Å². The van der Waals surface area contributed by atoms with Crippen molar-refractivity contribution in [3.05, 3.63) is 12.2 Å². The average molecular weight is 393 g/mol. The third-order valence-electron chi connectivity index (χ3n) is 12.7. The highest BCUT2D eigenvalue weighted by Crippen LogP contribution is 2.81. The fourth-order valence-electron chi connectivity index (χ4n) is 12.6. The summed E-state index contributed by atoms with van der Waals surface area (Å²) in [5.41, 5.74) is 0.0235. The molecule has 0 aromatic heterocycles. The molecule has 1 heteroatoms. The highest BCUT2D eigenvalue weighted by atomic mass is 16.5. The summed E-state index contributed by atoms with van der Waals surface area (Å²) < 4.78 is 6.38. The second-order valence-electron chi connectivity index (χ2n) is 14.0. The van der Waals surface area contributed by atoms with E-state index in [0.29, 0.717) is 0 Å². The Bertz CT molecular complexity index is 776. The Morgan fingerprint density at radius 1 is 0.655 bits per heavy atom. The minimum Gasteiger partial charge on any atom is -0.376 e. The van der Waals surface area contributed by atoms with E-state index in [1.165, 1.54) is 0 Å². The van der Waals surface area contributed by atoms with Gasteiger partial charge in [-0.3, -0.25) is 0 Å². The fourth-order valence-corrected chi connectivity index (χ4v) is 12.6. The number of fused-ring (bicyclic) bond motifs is 23. The number of hydrogen-bond acceptors (Lipinski definition) is 1. The molecule has 0 heterocycles. The molecule has 0 spiro atoms. The lowest BCUT2D eigenvalue weighted by atomic mass is 9.53. The monoisotopic (exact) mass is 392 g/mol. The number of allylic oxidation sites excluding steroid dienone is 2. The molecule has 0 amide bonds. The van der Waals surface area contributed by atoms with Crippen molar-refractivity contribution in [2.45, 2.75) is 59.0 Å². The topological polar surface area (TPSA) is 9.23 Å². The van der Waals surface area contributed by atoms with Gasteiger partial charge in [-0.15, -0.1) is 0 Å². The van der Waals surface area contributed by atoms with Crippen molar-refractivity contribution >= 4 is 0 Å². The Kier molecular flexibility index (Phi) is 3.09. The standard InChI is InChI=1S/C28H40O/c1-12-15-8-16(21(12)11-29-28(2,3)4)25-20-10-19(24(15)25)26-17-9-18(27(20)26)23-14-6-5-13(7-14)22(17)23/h5-6,12-27H,7-11H2,1-4H3. The first kappa shape index (κ1) is 17.3. The van der Waals surface area contributed by atoms with Crippen LogP contribution in [0.1, 0.15) is 53.4 Å². The zero-order valence-corrected chi connectivity index (χ0v) is 18.8. The Balaban J connectivity index is 1.11. The van der Waals surface area contributed by atoms with Crippen LogP contribution >= 0.6 is 0 Å². The summed E-state index contributed by atoms with van der Waals surface area (Å²) in [7, 11) is 0. The molecule has 16 unspecified atom stereocenters. The van der Waals surface area contributed by atoms with Crippen molar-refractivity contribution in [1.29, 1.82) is 0 Å². The van der Waals surface area contributed by atoms with Gasteiger partial charge < -0.3 is 4.74 Å². The number of hydrogen-bond donors (Lipinski definition) is 0. The summed E-state index contributed by atoms with van der Waals surface area (Å²) in [4.78, 5) is 0. The zero-order chi connectivity index (χ0) is 19.4. The molecule has 0 N–H and O–H groups in total. The van der Waals surface area contributed by atoms with Crippen molar-refractivity contribution in [3.63, 3.8) is 0 Å². The smallest absolute Gasteiger partial charge is 0.0598 e. The molecule has 16 atom stereocenters. The fraction of sp³-hybridized carbons (Fsp3) is 0.929. The van der Waals surface area contributed by atoms with Crippen LogP contribution in [-0.4, -0.2) is 12.2 Å². The van der Waals surface area contributed by atoms with Crippen LogP contribution in [0.4, 0.5) is 0 Å². The van der Waals surface area contributed by atoms with Crippen LogP contribution in [0.2, 0.25) is 0 Å². The molecule has 29 heavy (non-hydrogen) atoms. The maximum absolute atomic E-state index is 6.38. The lowest BCUT2D eigenvalue weighted by Gasteiger charge is -2.51. The first-order valence-corrected chi connectivity index (χ1v) is 13.2. The van der Waals surface area contributed by atoms with Crippen molar-refractivity contribution < 1.29 is 4.74 Å². The highest BCUT2D eigenvalue weighted by Gasteiger charge is 2.76. The van der Waals surface area contributed by atoms with Crippen LogP contribution in [0.25, 0.3) is 0 Å². The van der Waals surface area contributed by atoms with Gasteiger partial charge >= 0.3 is 0 Å². The molecule has 0 aliphatic heterocycles. The lowest BCUT2D eigenvalue weighted by Crippen LogP contribution is -2.48. The number of ether oxygens (including phenoxy) is 1. The van der Waals surface area contributed by atoms with Crippen LogP contribution in [-0.2, 0) is 4.74 Å². The van der Waals surface area contributed by atoms with Crippen LogP contribution in [0.3, 0.4) is 0 Å². The van der Waals surface area contributed by atoms with Crippen LogP contribution < -0.4 is 0 Å². The summed E-state index contributed by atoms with van der Waals surface area (Å²) in [6, 6.07) is 0. The van der Waals surface area contributed by atoms with Gasteiger partial charge in [0.25, 0.3) is 0 Å². The molecular weight excluding hydrogens is 352 g/mol. The SMILES string of the molecule is CC1C(COC(C)(C)C)C2CC1C1C3CC(C21)C1C2CC(C4C5C=CC(C5)C24)C31. The summed E-state index contributed by atoms with van der Waals surface area (Å²) in [6.45, 7) is 10.4. The van der Waals surface area contributed by atoms with Crippen molar-refractivity contribution in [2.75, 3.05) is 6.61 Å². The van der Waals surface area contributed by atoms with Gasteiger partial charge in [-0.1, -0.05) is 19.1 Å². The Labute approximate surface area is 177 Å². The minimum atomic E-state index is 0.0235. The zero-order valence-electron chi connectivity index (χ0n) is 18.8. The molecule has 7 fully saturated rings. The Morgan fingerprint density at radius 3 is 1.72 bits per heavy atom. The van der Waals surface area contributed by atoms with Gasteiger partial charge in [-0.25, -0.2) is 0 Å². The molecular formula is C28H40O. The van der Waals surface area contributed by atoms with Crippen LogP contribution in [0, 0.1) is 94.7 Å². The van der Waals surface area contributed by atoms with Gasteiger partial charge in [0.2, 0.25) is 0 Å². The van der Waals surface area contributed by atoms with Crippen molar-refractivity contribution in [1.82, 2.24) is 0 Å². The van der Waals surface area contributed by atoms with Gasteiger partial charge in [0.05, 0.1) is 12.2 Å². The summed E-state index contributed by atoms with van der Waals surface area (Å²) in [6.07, 6.45) is 11.7. The van der Waals surface area contributed by atoms with Gasteiger partial charge in [-0.2, -0.15) is 0 Å². The normalized spacial score (nSPS) is 66.9. The van der Waals surface area contributed by atoms with Crippen molar-refractivity contribution in [2.24, 2.45) is 94.7 Å². The Morgan fingerprint density at radius 2 is 1.14 bits per heavy atom. The van der Waals surface area contributed by atoms with E-state index in [4.69, 9.17) is 4.74 Å². The van der Waals surface area contributed by atoms with Gasteiger partial charge in [0, 0.05) is 0 Å². The largest absolute Gasteiger partial charge is 0.376 e. The molecule has 0 aromatic rings. The third-order valence-corrected chi connectivity index (χ3v) is 12.7. The van der Waals surface area contributed by atoms with E-state index in [0.717, 1.165) is 101 Å². The average Bonchev–Trinajstić information content (AvgIpc) is 3.50. The first-order chi connectivity index (χ1) is 13.9. The second kappa shape index (κ2) is 5.19. The maximum atomic E-state index is 6.38. The summed E-state index contributed by atoms with van der Waals surface area (Å²) in [5.74, 6) is 17.1. The minimum absolute atomic E-state index is 0.0235. The Hall–Kier alpha value is -0.300. The predicted molar refractivity (Wildman–Crippen MR) is 115 cm³/mol. The van der Waals surface area contributed by atoms with Gasteiger partial charge in [0.1, 0.15) is 0 Å². The predicted octanol–water partition coefficient (Wildman–Crippen LogP) is 5.91. The van der Waals surface area contributed by atoms with E-state index in [2.05, 4.69) is 39.8 Å². The first-order valence-electron chi connectivity index (χ1n) is 13.2.